The van der Waals surface area contributed by atoms with Gasteiger partial charge in [0, 0.05) is 12.3 Å². The van der Waals surface area contributed by atoms with Crippen molar-refractivity contribution in [3.05, 3.63) is 50.6 Å². The zero-order chi connectivity index (χ0) is 14.0. The van der Waals surface area contributed by atoms with Crippen molar-refractivity contribution in [1.29, 1.82) is 0 Å². The summed E-state index contributed by atoms with van der Waals surface area (Å²) in [6, 6.07) is 5.99. The Kier molecular flexibility index (Phi) is 3.66. The average Bonchev–Trinajstić information content (AvgIpc) is 2.37. The van der Waals surface area contributed by atoms with Crippen molar-refractivity contribution in [2.75, 3.05) is 5.73 Å². The Balaban J connectivity index is 2.40. The molecule has 0 saturated carbocycles. The van der Waals surface area contributed by atoms with Gasteiger partial charge in [0.2, 0.25) is 5.88 Å². The van der Waals surface area contributed by atoms with Gasteiger partial charge in [0.05, 0.1) is 21.1 Å². The summed E-state index contributed by atoms with van der Waals surface area (Å²) in [5.74, 6) is 0.514. The van der Waals surface area contributed by atoms with Crippen molar-refractivity contribution >= 4 is 27.3 Å². The van der Waals surface area contributed by atoms with Gasteiger partial charge in [-0.2, -0.15) is 0 Å². The molecule has 1 heterocycles. The van der Waals surface area contributed by atoms with Gasteiger partial charge in [-0.15, -0.1) is 0 Å². The Morgan fingerprint density at radius 2 is 2.16 bits per heavy atom. The number of nitro benzene ring substituents is 1. The molecule has 2 N–H and O–H groups in total. The second-order valence-electron chi connectivity index (χ2n) is 3.82. The zero-order valence-corrected chi connectivity index (χ0v) is 11.5. The van der Waals surface area contributed by atoms with Crippen LogP contribution in [-0.4, -0.2) is 9.91 Å². The molecule has 0 atom stereocenters. The molecular formula is C12H10BrN3O3. The summed E-state index contributed by atoms with van der Waals surface area (Å²) < 4.78 is 6.11. The van der Waals surface area contributed by atoms with Gasteiger partial charge >= 0.3 is 0 Å². The lowest BCUT2D eigenvalue weighted by atomic mass is 10.2. The fraction of sp³-hybridized carbons (Fsp3) is 0.0833. The number of non-ortho nitro benzene ring substituents is 1. The van der Waals surface area contributed by atoms with Gasteiger partial charge in [-0.1, -0.05) is 0 Å². The van der Waals surface area contributed by atoms with Crippen LogP contribution in [0.25, 0.3) is 0 Å². The van der Waals surface area contributed by atoms with E-state index in [9.17, 15) is 10.1 Å². The number of aryl methyl sites for hydroxylation is 1. The molecule has 0 aliphatic carbocycles. The number of pyridine rings is 1. The Morgan fingerprint density at radius 1 is 1.42 bits per heavy atom. The molecule has 98 valence electrons. The van der Waals surface area contributed by atoms with Crippen LogP contribution < -0.4 is 10.5 Å². The zero-order valence-electron chi connectivity index (χ0n) is 9.96. The molecule has 0 saturated heterocycles. The number of hydrogen-bond acceptors (Lipinski definition) is 5. The molecule has 1 aromatic heterocycles. The minimum atomic E-state index is -0.494. The van der Waals surface area contributed by atoms with E-state index in [1.807, 2.05) is 6.92 Å². The van der Waals surface area contributed by atoms with E-state index < -0.39 is 4.92 Å². The molecule has 0 bridgehead atoms. The summed E-state index contributed by atoms with van der Waals surface area (Å²) in [5.41, 5.74) is 7.01. The van der Waals surface area contributed by atoms with Crippen LogP contribution in [0.3, 0.4) is 0 Å². The highest BCUT2D eigenvalue weighted by Crippen LogP contribution is 2.34. The Bertz CT molecular complexity index is 646. The smallest absolute Gasteiger partial charge is 0.273 e. The van der Waals surface area contributed by atoms with E-state index in [4.69, 9.17) is 10.5 Å². The first kappa shape index (κ1) is 13.3. The van der Waals surface area contributed by atoms with E-state index >= 15 is 0 Å². The SMILES string of the molecule is Cc1ccnc(Oc2cc([N+](=O)[O-])ccc2Br)c1N. The first-order chi connectivity index (χ1) is 8.99. The van der Waals surface area contributed by atoms with E-state index in [2.05, 4.69) is 20.9 Å². The van der Waals surface area contributed by atoms with Crippen LogP contribution in [0.15, 0.2) is 34.9 Å². The van der Waals surface area contributed by atoms with Crippen LogP contribution >= 0.6 is 15.9 Å². The Morgan fingerprint density at radius 3 is 2.84 bits per heavy atom. The summed E-state index contributed by atoms with van der Waals surface area (Å²) in [4.78, 5) is 14.3. The average molecular weight is 324 g/mol. The topological polar surface area (TPSA) is 91.3 Å². The molecule has 1 aromatic carbocycles. The molecule has 6 nitrogen and oxygen atoms in total. The van der Waals surface area contributed by atoms with Crippen LogP contribution in [0.2, 0.25) is 0 Å². The van der Waals surface area contributed by atoms with Gasteiger partial charge in [-0.3, -0.25) is 10.1 Å². The molecule has 0 spiro atoms. The molecule has 2 rings (SSSR count). The lowest BCUT2D eigenvalue weighted by Crippen LogP contribution is -1.98. The number of anilines is 1. The number of ether oxygens (including phenoxy) is 1. The normalized spacial score (nSPS) is 10.2. The maximum absolute atomic E-state index is 10.7. The predicted octanol–water partition coefficient (Wildman–Crippen LogP) is 3.44. The third kappa shape index (κ3) is 2.82. The van der Waals surface area contributed by atoms with Gasteiger partial charge in [-0.05, 0) is 40.5 Å². The van der Waals surface area contributed by atoms with Gasteiger partial charge in [0.25, 0.3) is 5.69 Å². The second kappa shape index (κ2) is 5.23. The number of aromatic nitrogens is 1. The minimum absolute atomic E-state index is 0.0653. The van der Waals surface area contributed by atoms with E-state index in [1.165, 1.54) is 12.1 Å². The maximum Gasteiger partial charge on any atom is 0.273 e. The van der Waals surface area contributed by atoms with Crippen LogP contribution in [0.4, 0.5) is 11.4 Å². The standard InChI is InChI=1S/C12H10BrN3O3/c1-7-4-5-15-12(11(7)14)19-10-6-8(16(17)18)2-3-9(10)13/h2-6H,14H2,1H3. The van der Waals surface area contributed by atoms with Crippen LogP contribution in [0.1, 0.15) is 5.56 Å². The predicted molar refractivity (Wildman–Crippen MR) is 74.3 cm³/mol. The molecule has 0 unspecified atom stereocenters. The van der Waals surface area contributed by atoms with Crippen molar-refractivity contribution in [3.8, 4) is 11.6 Å². The number of nitrogen functional groups attached to an aromatic ring is 1. The summed E-state index contributed by atoms with van der Waals surface area (Å²) in [5, 5.41) is 10.7. The summed E-state index contributed by atoms with van der Waals surface area (Å²) >= 11 is 3.26. The van der Waals surface area contributed by atoms with Crippen molar-refractivity contribution in [2.24, 2.45) is 0 Å². The summed E-state index contributed by atoms with van der Waals surface area (Å²) in [6.07, 6.45) is 1.56. The molecule has 2 aromatic rings. The minimum Gasteiger partial charge on any atom is -0.436 e. The van der Waals surface area contributed by atoms with Crippen LogP contribution in [0.5, 0.6) is 11.6 Å². The lowest BCUT2D eigenvalue weighted by molar-refractivity contribution is -0.384. The fourth-order valence-electron chi connectivity index (χ4n) is 1.41. The molecule has 19 heavy (non-hydrogen) atoms. The Hall–Kier alpha value is -2.15. The molecule has 0 aliphatic rings. The molecular weight excluding hydrogens is 314 g/mol. The third-order valence-corrected chi connectivity index (χ3v) is 3.16. The van der Waals surface area contributed by atoms with Crippen LogP contribution in [0, 0.1) is 17.0 Å². The monoisotopic (exact) mass is 323 g/mol. The summed E-state index contributed by atoms with van der Waals surface area (Å²) in [7, 11) is 0. The van der Waals surface area contributed by atoms with Crippen molar-refractivity contribution in [3.63, 3.8) is 0 Å². The van der Waals surface area contributed by atoms with Gasteiger partial charge in [0.15, 0.2) is 5.75 Å². The highest BCUT2D eigenvalue weighted by Gasteiger charge is 2.13. The third-order valence-electron chi connectivity index (χ3n) is 2.50. The molecule has 0 radical (unpaired) electrons. The number of rotatable bonds is 3. The maximum atomic E-state index is 10.7. The first-order valence-corrected chi connectivity index (χ1v) is 6.11. The molecule has 0 aliphatic heterocycles. The van der Waals surface area contributed by atoms with Crippen molar-refractivity contribution < 1.29 is 9.66 Å². The largest absolute Gasteiger partial charge is 0.436 e. The first-order valence-electron chi connectivity index (χ1n) is 5.32. The lowest BCUT2D eigenvalue weighted by Gasteiger charge is -2.09. The van der Waals surface area contributed by atoms with Gasteiger partial charge in [0.1, 0.15) is 0 Å². The van der Waals surface area contributed by atoms with Crippen molar-refractivity contribution in [1.82, 2.24) is 4.98 Å². The number of nitrogens with two attached hydrogens (primary N) is 1. The van der Waals surface area contributed by atoms with Gasteiger partial charge < -0.3 is 10.5 Å². The summed E-state index contributed by atoms with van der Waals surface area (Å²) in [6.45, 7) is 1.83. The molecule has 7 heteroatoms. The highest BCUT2D eigenvalue weighted by molar-refractivity contribution is 9.10. The van der Waals surface area contributed by atoms with Gasteiger partial charge in [-0.25, -0.2) is 4.98 Å². The van der Waals surface area contributed by atoms with Crippen LogP contribution in [-0.2, 0) is 0 Å². The fourth-order valence-corrected chi connectivity index (χ4v) is 1.74. The van der Waals surface area contributed by atoms with E-state index in [0.29, 0.717) is 15.9 Å². The number of halogens is 1. The Labute approximate surface area is 117 Å². The quantitative estimate of drug-likeness (QED) is 0.690. The number of nitrogens with zero attached hydrogens (tertiary/aromatic N) is 2. The van der Waals surface area contributed by atoms with E-state index in [1.54, 1.807) is 18.3 Å². The number of hydrogen-bond donors (Lipinski definition) is 1. The highest BCUT2D eigenvalue weighted by atomic mass is 79.9. The van der Waals surface area contributed by atoms with Crippen molar-refractivity contribution in [2.45, 2.75) is 6.92 Å². The van der Waals surface area contributed by atoms with E-state index in [-0.39, 0.29) is 11.6 Å². The molecule has 0 amide bonds. The number of benzene rings is 1. The number of nitro groups is 1. The molecule has 0 fully saturated rings. The second-order valence-corrected chi connectivity index (χ2v) is 4.67. The van der Waals surface area contributed by atoms with E-state index in [0.717, 1.165) is 5.56 Å².